The maximum absolute atomic E-state index is 12.9. The molecule has 1 amide bonds. The Bertz CT molecular complexity index is 721. The number of hydrogen-bond acceptors (Lipinski definition) is 5. The van der Waals surface area contributed by atoms with Crippen LogP contribution in [0.1, 0.15) is 37.0 Å². The van der Waals surface area contributed by atoms with E-state index in [0.29, 0.717) is 24.9 Å². The first-order valence-electron chi connectivity index (χ1n) is 8.22. The van der Waals surface area contributed by atoms with E-state index >= 15 is 0 Å². The number of carbonyl (C=O) groups excluding carboxylic acids is 3. The van der Waals surface area contributed by atoms with Crippen LogP contribution in [-0.2, 0) is 14.4 Å². The van der Waals surface area contributed by atoms with Crippen LogP contribution < -0.4 is 0 Å². The first-order valence-corrected chi connectivity index (χ1v) is 9.90. The first kappa shape index (κ1) is 20.6. The Morgan fingerprint density at radius 1 is 1.23 bits per heavy atom. The van der Waals surface area contributed by atoms with Gasteiger partial charge in [0.2, 0.25) is 5.91 Å². The highest BCUT2D eigenvalue weighted by molar-refractivity contribution is 9.10. The van der Waals surface area contributed by atoms with Crippen molar-refractivity contribution in [2.45, 2.75) is 38.0 Å². The maximum Gasteiger partial charge on any atom is 0.326 e. The molecule has 1 N–H and O–H groups in total. The van der Waals surface area contributed by atoms with Crippen LogP contribution in [0.3, 0.4) is 0 Å². The summed E-state index contributed by atoms with van der Waals surface area (Å²) in [7, 11) is 0. The summed E-state index contributed by atoms with van der Waals surface area (Å²) in [6, 6.07) is 5.84. The minimum Gasteiger partial charge on any atom is -0.480 e. The van der Waals surface area contributed by atoms with Crippen LogP contribution in [0.15, 0.2) is 28.7 Å². The number of nitrogens with zero attached hydrogens (tertiary/aromatic N) is 1. The van der Waals surface area contributed by atoms with Gasteiger partial charge in [-0.15, -0.1) is 0 Å². The van der Waals surface area contributed by atoms with E-state index in [1.54, 1.807) is 31.2 Å². The third kappa shape index (κ3) is 4.73. The number of thioether (sulfide) groups is 1. The van der Waals surface area contributed by atoms with Crippen LogP contribution in [0.25, 0.3) is 0 Å². The summed E-state index contributed by atoms with van der Waals surface area (Å²) in [6.45, 7) is 3.28. The van der Waals surface area contributed by atoms with Crippen LogP contribution in [-0.4, -0.2) is 50.6 Å². The second-order valence-corrected chi connectivity index (χ2v) is 8.45. The van der Waals surface area contributed by atoms with Crippen molar-refractivity contribution in [1.82, 2.24) is 4.90 Å². The lowest BCUT2D eigenvalue weighted by molar-refractivity contribution is -0.149. The van der Waals surface area contributed by atoms with Crippen LogP contribution >= 0.6 is 27.7 Å². The second-order valence-electron chi connectivity index (χ2n) is 6.22. The van der Waals surface area contributed by atoms with Crippen molar-refractivity contribution < 1.29 is 24.3 Å². The molecule has 1 aliphatic heterocycles. The zero-order valence-corrected chi connectivity index (χ0v) is 16.9. The number of halogens is 1. The minimum absolute atomic E-state index is 0.267. The number of amides is 1. The summed E-state index contributed by atoms with van der Waals surface area (Å²) in [6.07, 6.45) is 1.01. The summed E-state index contributed by atoms with van der Waals surface area (Å²) in [5, 5.41) is 8.13. The fraction of sp³-hybridized carbons (Fsp3) is 0.444. The Kier molecular flexibility index (Phi) is 7.00. The van der Waals surface area contributed by atoms with Gasteiger partial charge in [-0.3, -0.25) is 14.4 Å². The molecule has 1 aliphatic rings. The lowest BCUT2D eigenvalue weighted by Gasteiger charge is -2.28. The van der Waals surface area contributed by atoms with Gasteiger partial charge in [0.15, 0.2) is 10.9 Å². The van der Waals surface area contributed by atoms with E-state index in [0.717, 1.165) is 16.2 Å². The molecule has 0 aromatic heterocycles. The highest BCUT2D eigenvalue weighted by Crippen LogP contribution is 2.29. The average molecular weight is 442 g/mol. The average Bonchev–Trinajstić information content (AvgIpc) is 3.08. The molecule has 1 aromatic carbocycles. The molecule has 1 fully saturated rings. The van der Waals surface area contributed by atoms with Gasteiger partial charge >= 0.3 is 5.97 Å². The Morgan fingerprint density at radius 2 is 1.85 bits per heavy atom. The van der Waals surface area contributed by atoms with Crippen molar-refractivity contribution in [3.8, 4) is 0 Å². The number of hydrogen-bond donors (Lipinski definition) is 1. The molecule has 140 valence electrons. The van der Waals surface area contributed by atoms with Gasteiger partial charge in [-0.1, -0.05) is 46.7 Å². The van der Waals surface area contributed by atoms with E-state index in [4.69, 9.17) is 0 Å². The fourth-order valence-electron chi connectivity index (χ4n) is 3.02. The van der Waals surface area contributed by atoms with Crippen molar-refractivity contribution in [1.29, 1.82) is 0 Å². The van der Waals surface area contributed by atoms with Crippen molar-refractivity contribution in [3.05, 3.63) is 34.3 Å². The summed E-state index contributed by atoms with van der Waals surface area (Å²) >= 11 is 4.12. The third-order valence-electron chi connectivity index (χ3n) is 4.34. The molecule has 1 aromatic rings. The molecule has 0 unspecified atom stereocenters. The zero-order chi connectivity index (χ0) is 19.4. The van der Waals surface area contributed by atoms with Crippen molar-refractivity contribution in [3.63, 3.8) is 0 Å². The van der Waals surface area contributed by atoms with Crippen molar-refractivity contribution >= 4 is 50.5 Å². The largest absolute Gasteiger partial charge is 0.480 e. The number of likely N-dealkylation sites (tertiary alicyclic amines) is 1. The van der Waals surface area contributed by atoms with Crippen molar-refractivity contribution in [2.75, 3.05) is 6.54 Å². The molecule has 0 radical (unpaired) electrons. The highest BCUT2D eigenvalue weighted by Gasteiger charge is 2.40. The minimum atomic E-state index is -1.04. The standard InChI is InChI=1S/C18H20BrNO5S/c1-10(17(23)20-9-3-4-14(20)18(24)25)16(26-11(2)21)15(22)12-5-7-13(19)8-6-12/h5-8,10,14,16H,3-4,9H2,1-2H3,(H,24,25)/t10-,14-,16-/m0/s1. The molecular formula is C18H20BrNO5S. The van der Waals surface area contributed by atoms with E-state index in [1.807, 2.05) is 0 Å². The van der Waals surface area contributed by atoms with Crippen LogP contribution in [0, 0.1) is 5.92 Å². The monoisotopic (exact) mass is 441 g/mol. The van der Waals surface area contributed by atoms with Gasteiger partial charge in [0, 0.05) is 23.5 Å². The SMILES string of the molecule is CC(=O)S[C@H](C(=O)c1ccc(Br)cc1)[C@H](C)C(=O)N1CCC[C@H]1C(=O)O. The Morgan fingerprint density at radius 3 is 2.38 bits per heavy atom. The lowest BCUT2D eigenvalue weighted by atomic mass is 9.97. The number of carbonyl (C=O) groups is 4. The number of carboxylic acid groups (broad SMARTS) is 1. The quantitative estimate of drug-likeness (QED) is 0.682. The Balaban J connectivity index is 2.26. The topological polar surface area (TPSA) is 91.8 Å². The molecule has 0 spiro atoms. The summed E-state index contributed by atoms with van der Waals surface area (Å²) in [5.41, 5.74) is 0.405. The number of benzene rings is 1. The molecule has 0 aliphatic carbocycles. The van der Waals surface area contributed by atoms with Gasteiger partial charge in [-0.2, -0.15) is 0 Å². The van der Waals surface area contributed by atoms with Crippen LogP contribution in [0.5, 0.6) is 0 Å². The smallest absolute Gasteiger partial charge is 0.326 e. The second kappa shape index (κ2) is 8.81. The molecule has 3 atom stereocenters. The van der Waals surface area contributed by atoms with Gasteiger partial charge in [-0.25, -0.2) is 4.79 Å². The highest BCUT2D eigenvalue weighted by atomic mass is 79.9. The van der Waals surface area contributed by atoms with Crippen LogP contribution in [0.4, 0.5) is 0 Å². The van der Waals surface area contributed by atoms with Crippen LogP contribution in [0.2, 0.25) is 0 Å². The van der Waals surface area contributed by atoms with Gasteiger partial charge in [0.1, 0.15) is 6.04 Å². The van der Waals surface area contributed by atoms with E-state index in [1.165, 1.54) is 11.8 Å². The molecule has 0 saturated carbocycles. The molecular weight excluding hydrogens is 422 g/mol. The lowest BCUT2D eigenvalue weighted by Crippen LogP contribution is -2.46. The fourth-order valence-corrected chi connectivity index (χ4v) is 4.20. The van der Waals surface area contributed by atoms with Gasteiger partial charge in [-0.05, 0) is 25.0 Å². The van der Waals surface area contributed by atoms with Gasteiger partial charge in [0.25, 0.3) is 0 Å². The van der Waals surface area contributed by atoms with E-state index in [9.17, 15) is 24.3 Å². The molecule has 1 heterocycles. The van der Waals surface area contributed by atoms with E-state index in [-0.39, 0.29) is 10.9 Å². The molecule has 1 saturated heterocycles. The third-order valence-corrected chi connectivity index (χ3v) is 6.08. The van der Waals surface area contributed by atoms with Crippen molar-refractivity contribution in [2.24, 2.45) is 5.92 Å². The molecule has 26 heavy (non-hydrogen) atoms. The summed E-state index contributed by atoms with van der Waals surface area (Å²) in [5.74, 6) is -2.57. The number of Topliss-reactive ketones (excluding diaryl/α,β-unsaturated/α-hetero) is 1. The normalized spacial score (nSPS) is 19.0. The molecule has 6 nitrogen and oxygen atoms in total. The Labute approximate surface area is 164 Å². The van der Waals surface area contributed by atoms with E-state index in [2.05, 4.69) is 15.9 Å². The molecule has 2 rings (SSSR count). The maximum atomic E-state index is 12.9. The summed E-state index contributed by atoms with van der Waals surface area (Å²) < 4.78 is 0.815. The van der Waals surface area contributed by atoms with Gasteiger partial charge in [0.05, 0.1) is 11.2 Å². The number of ketones is 1. The predicted molar refractivity (Wildman–Crippen MR) is 102 cm³/mol. The first-order chi connectivity index (χ1) is 12.2. The number of aliphatic carboxylic acids is 1. The summed E-state index contributed by atoms with van der Waals surface area (Å²) in [4.78, 5) is 50.1. The number of rotatable bonds is 6. The molecule has 0 bridgehead atoms. The zero-order valence-electron chi connectivity index (χ0n) is 14.5. The molecule has 8 heteroatoms. The number of carboxylic acids is 1. The van der Waals surface area contributed by atoms with E-state index < -0.39 is 29.1 Å². The Hall–Kier alpha value is -1.67. The van der Waals surface area contributed by atoms with Gasteiger partial charge < -0.3 is 10.0 Å². The predicted octanol–water partition coefficient (Wildman–Crippen LogP) is 2.99.